The standard InChI is InChI=1S/C19H24N4O/c1-12-9-13(2)11-16(10-12)18(24)22-17-14(3)20-19(21-15(17)4)23-7-5-6-8-23/h9-11H,5-8H2,1-4H3,(H,22,24). The Bertz CT molecular complexity index is 736. The Balaban J connectivity index is 1.85. The zero-order chi connectivity index (χ0) is 17.3. The number of rotatable bonds is 3. The van der Waals surface area contributed by atoms with Crippen molar-refractivity contribution >= 4 is 17.5 Å². The normalized spacial score (nSPS) is 14.1. The minimum atomic E-state index is -0.120. The minimum absolute atomic E-state index is 0.120. The van der Waals surface area contributed by atoms with Gasteiger partial charge >= 0.3 is 0 Å². The van der Waals surface area contributed by atoms with Crippen LogP contribution in [0.2, 0.25) is 0 Å². The summed E-state index contributed by atoms with van der Waals surface area (Å²) < 4.78 is 0. The summed E-state index contributed by atoms with van der Waals surface area (Å²) in [5.41, 5.74) is 5.14. The van der Waals surface area contributed by atoms with Gasteiger partial charge in [-0.05, 0) is 52.7 Å². The second kappa shape index (κ2) is 6.59. The predicted octanol–water partition coefficient (Wildman–Crippen LogP) is 3.56. The van der Waals surface area contributed by atoms with Crippen LogP contribution in [0.25, 0.3) is 0 Å². The van der Waals surface area contributed by atoms with Crippen LogP contribution in [0.3, 0.4) is 0 Å². The third kappa shape index (κ3) is 3.40. The van der Waals surface area contributed by atoms with Crippen LogP contribution in [-0.4, -0.2) is 29.0 Å². The van der Waals surface area contributed by atoms with Gasteiger partial charge in [0.2, 0.25) is 5.95 Å². The Kier molecular flexibility index (Phi) is 4.51. The molecule has 5 heteroatoms. The largest absolute Gasteiger partial charge is 0.341 e. The Hall–Kier alpha value is -2.43. The zero-order valence-electron chi connectivity index (χ0n) is 14.8. The highest BCUT2D eigenvalue weighted by Gasteiger charge is 2.19. The number of amides is 1. The van der Waals surface area contributed by atoms with Gasteiger partial charge in [0, 0.05) is 18.7 Å². The van der Waals surface area contributed by atoms with Crippen molar-refractivity contribution in [2.75, 3.05) is 23.3 Å². The summed E-state index contributed by atoms with van der Waals surface area (Å²) in [6.45, 7) is 9.85. The highest BCUT2D eigenvalue weighted by Crippen LogP contribution is 2.23. The summed E-state index contributed by atoms with van der Waals surface area (Å²) in [5.74, 6) is 0.650. The third-order valence-electron chi connectivity index (χ3n) is 4.37. The van der Waals surface area contributed by atoms with Crippen molar-refractivity contribution < 1.29 is 4.79 Å². The van der Waals surface area contributed by atoms with Gasteiger partial charge in [0.1, 0.15) is 0 Å². The molecule has 24 heavy (non-hydrogen) atoms. The van der Waals surface area contributed by atoms with Crippen molar-refractivity contribution in [3.8, 4) is 0 Å². The third-order valence-corrected chi connectivity index (χ3v) is 4.37. The van der Waals surface area contributed by atoms with E-state index in [0.717, 1.165) is 41.6 Å². The number of carbonyl (C=O) groups is 1. The van der Waals surface area contributed by atoms with E-state index in [1.54, 1.807) is 0 Å². The van der Waals surface area contributed by atoms with Crippen molar-refractivity contribution in [2.45, 2.75) is 40.5 Å². The number of hydrogen-bond acceptors (Lipinski definition) is 4. The number of anilines is 2. The maximum Gasteiger partial charge on any atom is 0.255 e. The van der Waals surface area contributed by atoms with E-state index in [1.807, 2.05) is 39.8 Å². The van der Waals surface area contributed by atoms with Crippen LogP contribution in [0.1, 0.15) is 45.7 Å². The van der Waals surface area contributed by atoms with Crippen LogP contribution >= 0.6 is 0 Å². The average Bonchev–Trinajstić information content (AvgIpc) is 3.04. The van der Waals surface area contributed by atoms with E-state index in [0.29, 0.717) is 11.3 Å². The van der Waals surface area contributed by atoms with Gasteiger partial charge in [0.25, 0.3) is 5.91 Å². The van der Waals surface area contributed by atoms with Crippen molar-refractivity contribution in [3.63, 3.8) is 0 Å². The average molecular weight is 324 g/mol. The molecule has 0 atom stereocenters. The fourth-order valence-corrected chi connectivity index (χ4v) is 3.23. The van der Waals surface area contributed by atoms with Gasteiger partial charge in [-0.15, -0.1) is 0 Å². The minimum Gasteiger partial charge on any atom is -0.341 e. The SMILES string of the molecule is Cc1cc(C)cc(C(=O)Nc2c(C)nc(N3CCCC3)nc2C)c1. The molecule has 2 heterocycles. The Labute approximate surface area is 143 Å². The van der Waals surface area contributed by atoms with Gasteiger partial charge in [0.15, 0.2) is 0 Å². The molecule has 126 valence electrons. The van der Waals surface area contributed by atoms with E-state index in [4.69, 9.17) is 0 Å². The molecule has 1 amide bonds. The highest BCUT2D eigenvalue weighted by atomic mass is 16.1. The van der Waals surface area contributed by atoms with Crippen molar-refractivity contribution in [2.24, 2.45) is 0 Å². The summed E-state index contributed by atoms with van der Waals surface area (Å²) in [6, 6.07) is 5.85. The van der Waals surface area contributed by atoms with E-state index in [1.165, 1.54) is 12.8 Å². The molecule has 0 saturated carbocycles. The first-order chi connectivity index (χ1) is 11.4. The molecule has 3 rings (SSSR count). The molecule has 1 aromatic carbocycles. The van der Waals surface area contributed by atoms with Gasteiger partial charge in [0.05, 0.1) is 17.1 Å². The molecule has 0 bridgehead atoms. The van der Waals surface area contributed by atoms with E-state index in [2.05, 4.69) is 26.3 Å². The molecule has 5 nitrogen and oxygen atoms in total. The number of nitrogens with one attached hydrogen (secondary N) is 1. The van der Waals surface area contributed by atoms with E-state index >= 15 is 0 Å². The fraction of sp³-hybridized carbons (Fsp3) is 0.421. The van der Waals surface area contributed by atoms with Gasteiger partial charge in [-0.3, -0.25) is 4.79 Å². The zero-order valence-corrected chi connectivity index (χ0v) is 14.8. The molecule has 1 saturated heterocycles. The number of benzene rings is 1. The van der Waals surface area contributed by atoms with Gasteiger partial charge in [-0.25, -0.2) is 9.97 Å². The Morgan fingerprint density at radius 1 is 0.958 bits per heavy atom. The maximum atomic E-state index is 12.6. The van der Waals surface area contributed by atoms with Gasteiger partial charge in [-0.2, -0.15) is 0 Å². The molecule has 0 aliphatic carbocycles. The second-order valence-electron chi connectivity index (χ2n) is 6.59. The molecule has 1 aliphatic rings. The molecule has 1 aliphatic heterocycles. The van der Waals surface area contributed by atoms with Gasteiger partial charge < -0.3 is 10.2 Å². The molecule has 1 N–H and O–H groups in total. The van der Waals surface area contributed by atoms with Crippen LogP contribution < -0.4 is 10.2 Å². The van der Waals surface area contributed by atoms with Crippen molar-refractivity contribution in [3.05, 3.63) is 46.3 Å². The molecular formula is C19H24N4O. The molecular weight excluding hydrogens is 300 g/mol. The molecule has 0 spiro atoms. The van der Waals surface area contributed by atoms with Crippen LogP contribution in [0, 0.1) is 27.7 Å². The number of aromatic nitrogens is 2. The predicted molar refractivity (Wildman–Crippen MR) is 96.8 cm³/mol. The lowest BCUT2D eigenvalue weighted by molar-refractivity contribution is 0.102. The van der Waals surface area contributed by atoms with Crippen molar-refractivity contribution in [1.29, 1.82) is 0 Å². The summed E-state index contributed by atoms with van der Waals surface area (Å²) in [7, 11) is 0. The number of hydrogen-bond donors (Lipinski definition) is 1. The lowest BCUT2D eigenvalue weighted by Gasteiger charge is -2.18. The summed E-state index contributed by atoms with van der Waals surface area (Å²) >= 11 is 0. The van der Waals surface area contributed by atoms with E-state index in [9.17, 15) is 4.79 Å². The number of nitrogens with zero attached hydrogens (tertiary/aromatic N) is 3. The summed E-state index contributed by atoms with van der Waals surface area (Å²) in [4.78, 5) is 24.0. The first-order valence-electron chi connectivity index (χ1n) is 8.44. The molecule has 0 radical (unpaired) electrons. The second-order valence-corrected chi connectivity index (χ2v) is 6.59. The van der Waals surface area contributed by atoms with Crippen LogP contribution in [-0.2, 0) is 0 Å². The summed E-state index contributed by atoms with van der Waals surface area (Å²) in [5, 5.41) is 2.98. The molecule has 1 aromatic heterocycles. The quantitative estimate of drug-likeness (QED) is 0.938. The first kappa shape index (κ1) is 16.4. The lowest BCUT2D eigenvalue weighted by Crippen LogP contribution is -2.22. The topological polar surface area (TPSA) is 58.1 Å². The van der Waals surface area contributed by atoms with E-state index in [-0.39, 0.29) is 5.91 Å². The highest BCUT2D eigenvalue weighted by molar-refractivity contribution is 6.05. The lowest BCUT2D eigenvalue weighted by atomic mass is 10.1. The Morgan fingerprint density at radius 2 is 1.50 bits per heavy atom. The Morgan fingerprint density at radius 3 is 2.04 bits per heavy atom. The van der Waals surface area contributed by atoms with Crippen molar-refractivity contribution in [1.82, 2.24) is 9.97 Å². The number of aryl methyl sites for hydroxylation is 4. The first-order valence-corrected chi connectivity index (χ1v) is 8.44. The molecule has 1 fully saturated rings. The van der Waals surface area contributed by atoms with Crippen LogP contribution in [0.5, 0.6) is 0 Å². The smallest absolute Gasteiger partial charge is 0.255 e. The number of carbonyl (C=O) groups excluding carboxylic acids is 1. The van der Waals surface area contributed by atoms with Gasteiger partial charge in [-0.1, -0.05) is 17.2 Å². The monoisotopic (exact) mass is 324 g/mol. The maximum absolute atomic E-state index is 12.6. The van der Waals surface area contributed by atoms with Crippen LogP contribution in [0.4, 0.5) is 11.6 Å². The van der Waals surface area contributed by atoms with Crippen LogP contribution in [0.15, 0.2) is 18.2 Å². The molecule has 0 unspecified atom stereocenters. The van der Waals surface area contributed by atoms with E-state index < -0.39 is 0 Å². The molecule has 2 aromatic rings. The summed E-state index contributed by atoms with van der Waals surface area (Å²) in [6.07, 6.45) is 2.37. The fourth-order valence-electron chi connectivity index (χ4n) is 3.23.